The van der Waals surface area contributed by atoms with Gasteiger partial charge in [-0.2, -0.15) is 0 Å². The van der Waals surface area contributed by atoms with E-state index in [9.17, 15) is 10.1 Å². The summed E-state index contributed by atoms with van der Waals surface area (Å²) < 4.78 is 5.38. The molecule has 106 valence electrons. The van der Waals surface area contributed by atoms with Gasteiger partial charge < -0.3 is 20.3 Å². The van der Waals surface area contributed by atoms with Crippen molar-refractivity contribution in [1.82, 2.24) is 5.32 Å². The summed E-state index contributed by atoms with van der Waals surface area (Å²) in [4.78, 5) is 9.98. The highest BCUT2D eigenvalue weighted by molar-refractivity contribution is 5.35. The Morgan fingerprint density at radius 3 is 2.37 bits per heavy atom. The van der Waals surface area contributed by atoms with Gasteiger partial charge in [0.1, 0.15) is 12.4 Å². The van der Waals surface area contributed by atoms with Gasteiger partial charge >= 0.3 is 0 Å². The molecule has 1 aromatic rings. The molecule has 1 aromatic carbocycles. The van der Waals surface area contributed by atoms with Gasteiger partial charge in [-0.25, -0.2) is 0 Å². The minimum Gasteiger partial charge on any atom is -0.492 e. The number of hydrogen-bond acceptors (Lipinski definition) is 6. The van der Waals surface area contributed by atoms with E-state index in [1.165, 1.54) is 24.3 Å². The molecule has 0 aliphatic heterocycles. The van der Waals surface area contributed by atoms with Crippen molar-refractivity contribution >= 4 is 5.69 Å². The Labute approximate surface area is 111 Å². The number of hydrogen-bond donors (Lipinski definition) is 3. The van der Waals surface area contributed by atoms with Gasteiger partial charge in [-0.15, -0.1) is 0 Å². The van der Waals surface area contributed by atoms with Crippen molar-refractivity contribution in [3.05, 3.63) is 34.4 Å². The molecule has 0 heterocycles. The van der Waals surface area contributed by atoms with Crippen LogP contribution in [0.4, 0.5) is 5.69 Å². The number of nitro groups is 1. The van der Waals surface area contributed by atoms with E-state index >= 15 is 0 Å². The van der Waals surface area contributed by atoms with Crippen molar-refractivity contribution in [3.63, 3.8) is 0 Å². The molecule has 7 nitrogen and oxygen atoms in total. The van der Waals surface area contributed by atoms with Gasteiger partial charge in [0, 0.05) is 18.7 Å². The predicted molar refractivity (Wildman–Crippen MR) is 69.2 cm³/mol. The molecule has 0 radical (unpaired) electrons. The van der Waals surface area contributed by atoms with Crippen molar-refractivity contribution in [2.45, 2.75) is 12.5 Å². The molecule has 0 unspecified atom stereocenters. The first kappa shape index (κ1) is 15.4. The minimum absolute atomic E-state index is 0.0126. The van der Waals surface area contributed by atoms with Crippen LogP contribution in [0.25, 0.3) is 0 Å². The second-order valence-electron chi connectivity index (χ2n) is 4.40. The van der Waals surface area contributed by atoms with Crippen LogP contribution in [0, 0.1) is 10.1 Å². The average Bonchev–Trinajstić information content (AvgIpc) is 2.44. The van der Waals surface area contributed by atoms with E-state index in [0.717, 1.165) is 0 Å². The molecule has 0 atom stereocenters. The Kier molecular flexibility index (Phi) is 5.68. The predicted octanol–water partition coefficient (Wildman–Crippen LogP) is 0.306. The van der Waals surface area contributed by atoms with E-state index in [-0.39, 0.29) is 18.9 Å². The molecule has 7 heteroatoms. The van der Waals surface area contributed by atoms with Crippen LogP contribution in [0.1, 0.15) is 6.92 Å². The lowest BCUT2D eigenvalue weighted by Crippen LogP contribution is -2.50. The fourth-order valence-corrected chi connectivity index (χ4v) is 1.35. The van der Waals surface area contributed by atoms with Crippen LogP contribution in [-0.4, -0.2) is 47.0 Å². The standard InChI is InChI=1S/C12H18N2O5/c1-12(8-15,9-16)13-6-7-19-11-4-2-10(3-5-11)14(17)18/h2-5,13,15-16H,6-9H2,1H3. The highest BCUT2D eigenvalue weighted by Crippen LogP contribution is 2.17. The van der Waals surface area contributed by atoms with Gasteiger partial charge in [0.2, 0.25) is 0 Å². The summed E-state index contributed by atoms with van der Waals surface area (Å²) in [6.07, 6.45) is 0. The van der Waals surface area contributed by atoms with Gasteiger partial charge in [0.05, 0.1) is 23.7 Å². The van der Waals surface area contributed by atoms with Crippen molar-refractivity contribution in [3.8, 4) is 5.75 Å². The van der Waals surface area contributed by atoms with Gasteiger partial charge in [0.15, 0.2) is 0 Å². The smallest absolute Gasteiger partial charge is 0.269 e. The maximum Gasteiger partial charge on any atom is 0.269 e. The highest BCUT2D eigenvalue weighted by Gasteiger charge is 2.20. The second kappa shape index (κ2) is 7.03. The molecule has 1 rings (SSSR count). The lowest BCUT2D eigenvalue weighted by molar-refractivity contribution is -0.384. The zero-order valence-corrected chi connectivity index (χ0v) is 10.7. The molecule has 0 spiro atoms. The maximum absolute atomic E-state index is 10.5. The Bertz CT molecular complexity index is 403. The van der Waals surface area contributed by atoms with Gasteiger partial charge in [-0.1, -0.05) is 0 Å². The molecule has 0 aliphatic rings. The van der Waals surface area contributed by atoms with Crippen LogP contribution < -0.4 is 10.1 Å². The summed E-state index contributed by atoms with van der Waals surface area (Å²) >= 11 is 0. The van der Waals surface area contributed by atoms with E-state index in [0.29, 0.717) is 18.9 Å². The molecule has 0 aliphatic carbocycles. The maximum atomic E-state index is 10.5. The van der Waals surface area contributed by atoms with Gasteiger partial charge in [0.25, 0.3) is 5.69 Å². The fourth-order valence-electron chi connectivity index (χ4n) is 1.35. The fraction of sp³-hybridized carbons (Fsp3) is 0.500. The third-order valence-electron chi connectivity index (χ3n) is 2.67. The summed E-state index contributed by atoms with van der Waals surface area (Å²) in [5, 5.41) is 31.5. The van der Waals surface area contributed by atoms with Crippen molar-refractivity contribution < 1.29 is 19.9 Å². The normalized spacial score (nSPS) is 11.3. The quantitative estimate of drug-likeness (QED) is 0.356. The largest absolute Gasteiger partial charge is 0.492 e. The van der Waals surface area contributed by atoms with Crippen LogP contribution in [0.15, 0.2) is 24.3 Å². The molecule has 19 heavy (non-hydrogen) atoms. The molecule has 0 bridgehead atoms. The number of aliphatic hydroxyl groups excluding tert-OH is 2. The Hall–Kier alpha value is -1.70. The van der Waals surface area contributed by atoms with E-state index < -0.39 is 10.5 Å². The van der Waals surface area contributed by atoms with E-state index in [1.54, 1.807) is 6.92 Å². The third kappa shape index (κ3) is 4.82. The summed E-state index contributed by atoms with van der Waals surface area (Å²) in [5.74, 6) is 0.530. The van der Waals surface area contributed by atoms with Crippen molar-refractivity contribution in [2.75, 3.05) is 26.4 Å². The summed E-state index contributed by atoms with van der Waals surface area (Å²) in [6, 6.07) is 5.79. The lowest BCUT2D eigenvalue weighted by Gasteiger charge is -2.26. The Balaban J connectivity index is 2.35. The van der Waals surface area contributed by atoms with Crippen LogP contribution in [0.2, 0.25) is 0 Å². The number of ether oxygens (including phenoxy) is 1. The zero-order valence-electron chi connectivity index (χ0n) is 10.7. The Morgan fingerprint density at radius 2 is 1.89 bits per heavy atom. The third-order valence-corrected chi connectivity index (χ3v) is 2.67. The zero-order chi connectivity index (χ0) is 14.3. The van der Waals surface area contributed by atoms with Crippen LogP contribution in [0.5, 0.6) is 5.75 Å². The minimum atomic E-state index is -0.737. The first-order chi connectivity index (χ1) is 9.00. The first-order valence-corrected chi connectivity index (χ1v) is 5.85. The molecular formula is C12H18N2O5. The van der Waals surface area contributed by atoms with Crippen LogP contribution in [-0.2, 0) is 0 Å². The van der Waals surface area contributed by atoms with E-state index in [4.69, 9.17) is 14.9 Å². The Morgan fingerprint density at radius 1 is 1.32 bits per heavy atom. The lowest BCUT2D eigenvalue weighted by atomic mass is 10.1. The number of benzene rings is 1. The van der Waals surface area contributed by atoms with Crippen LogP contribution in [0.3, 0.4) is 0 Å². The summed E-state index contributed by atoms with van der Waals surface area (Å²) in [7, 11) is 0. The molecule has 0 saturated carbocycles. The van der Waals surface area contributed by atoms with Crippen molar-refractivity contribution in [2.24, 2.45) is 0 Å². The summed E-state index contributed by atoms with van der Waals surface area (Å²) in [6.45, 7) is 2.10. The number of non-ortho nitro benzene ring substituents is 1. The number of aliphatic hydroxyl groups is 2. The molecule has 0 saturated heterocycles. The number of rotatable bonds is 8. The molecule has 0 amide bonds. The van der Waals surface area contributed by atoms with E-state index in [1.807, 2.05) is 0 Å². The van der Waals surface area contributed by atoms with Gasteiger partial charge in [-0.05, 0) is 19.1 Å². The second-order valence-corrected chi connectivity index (χ2v) is 4.40. The topological polar surface area (TPSA) is 105 Å². The van der Waals surface area contributed by atoms with Crippen molar-refractivity contribution in [1.29, 1.82) is 0 Å². The number of nitrogens with zero attached hydrogens (tertiary/aromatic N) is 1. The SMILES string of the molecule is CC(CO)(CO)NCCOc1ccc([N+](=O)[O-])cc1. The number of nitro benzene ring substituents is 1. The summed E-state index contributed by atoms with van der Waals surface area (Å²) in [5.41, 5.74) is -0.725. The van der Waals surface area contributed by atoms with Crippen LogP contribution >= 0.6 is 0 Å². The molecule has 0 aromatic heterocycles. The monoisotopic (exact) mass is 270 g/mol. The highest BCUT2D eigenvalue weighted by atomic mass is 16.6. The molecular weight excluding hydrogens is 252 g/mol. The average molecular weight is 270 g/mol. The molecule has 3 N–H and O–H groups in total. The molecule has 0 fully saturated rings. The number of nitrogens with one attached hydrogen (secondary N) is 1. The van der Waals surface area contributed by atoms with Gasteiger partial charge in [-0.3, -0.25) is 10.1 Å². The van der Waals surface area contributed by atoms with E-state index in [2.05, 4.69) is 5.32 Å². The first-order valence-electron chi connectivity index (χ1n) is 5.85.